The monoisotopic (exact) mass is 485 g/mol. The van der Waals surface area contributed by atoms with Crippen molar-refractivity contribution in [3.63, 3.8) is 0 Å². The lowest BCUT2D eigenvalue weighted by molar-refractivity contribution is 0.104. The van der Waals surface area contributed by atoms with E-state index in [1.54, 1.807) is 29.6 Å². The highest BCUT2D eigenvalue weighted by molar-refractivity contribution is 7.89. The third-order valence-electron chi connectivity index (χ3n) is 5.91. The summed E-state index contributed by atoms with van der Waals surface area (Å²) in [4.78, 5) is 12.9. The number of hydrogen-bond acceptors (Lipinski definition) is 5. The van der Waals surface area contributed by atoms with Gasteiger partial charge in [-0.2, -0.15) is 4.31 Å². The second-order valence-electron chi connectivity index (χ2n) is 8.98. The highest BCUT2D eigenvalue weighted by Gasteiger charge is 2.25. The summed E-state index contributed by atoms with van der Waals surface area (Å²) in [7, 11) is -1.94. The van der Waals surface area contributed by atoms with E-state index in [1.165, 1.54) is 18.2 Å². The van der Waals surface area contributed by atoms with E-state index in [9.17, 15) is 13.2 Å². The number of sulfonamides is 1. The molecule has 0 aliphatic carbocycles. The van der Waals surface area contributed by atoms with Crippen LogP contribution >= 0.6 is 0 Å². The van der Waals surface area contributed by atoms with Crippen LogP contribution < -0.4 is 9.47 Å². The molecule has 7 heteroatoms. The van der Waals surface area contributed by atoms with Crippen molar-refractivity contribution >= 4 is 21.9 Å². The lowest BCUT2D eigenvalue weighted by Crippen LogP contribution is -2.31. The summed E-state index contributed by atoms with van der Waals surface area (Å²) in [6, 6.07) is 11.7. The summed E-state index contributed by atoms with van der Waals surface area (Å²) >= 11 is 0. The number of ether oxygens (including phenoxy) is 2. The molecular formula is C27H35NO5S. The van der Waals surface area contributed by atoms with E-state index in [-0.39, 0.29) is 10.7 Å². The largest absolute Gasteiger partial charge is 0.493 e. The Hall–Kier alpha value is -2.64. The normalized spacial score (nSPS) is 15.4. The van der Waals surface area contributed by atoms with Crippen molar-refractivity contribution in [1.29, 1.82) is 0 Å². The number of carbonyl (C=O) groups is 1. The Kier molecular flexibility index (Phi) is 9.30. The van der Waals surface area contributed by atoms with Gasteiger partial charge in [0.15, 0.2) is 17.3 Å². The summed E-state index contributed by atoms with van der Waals surface area (Å²) in [5.74, 6) is 1.65. The van der Waals surface area contributed by atoms with Gasteiger partial charge in [-0.05, 0) is 73.2 Å². The molecule has 0 spiro atoms. The average Bonchev–Trinajstić information content (AvgIpc) is 3.13. The maximum atomic E-state index is 12.9. The SMILES string of the molecule is COc1cc(C=CC(=O)c2ccc(S(=O)(=O)N3CCCCCC3)cc2)ccc1OCCC(C)C. The quantitative estimate of drug-likeness (QED) is 0.324. The number of benzene rings is 2. The van der Waals surface area contributed by atoms with Crippen LogP contribution in [0.4, 0.5) is 0 Å². The fraction of sp³-hybridized carbons (Fsp3) is 0.444. The van der Waals surface area contributed by atoms with E-state index in [0.717, 1.165) is 37.7 Å². The topological polar surface area (TPSA) is 72.9 Å². The van der Waals surface area contributed by atoms with Gasteiger partial charge in [0.25, 0.3) is 0 Å². The first kappa shape index (κ1) is 26.0. The number of allylic oxidation sites excluding steroid dienone is 1. The summed E-state index contributed by atoms with van der Waals surface area (Å²) in [6.07, 6.45) is 8.04. The summed E-state index contributed by atoms with van der Waals surface area (Å²) in [5, 5.41) is 0. The molecule has 0 aromatic heterocycles. The standard InChI is InChI=1S/C27H35NO5S/c1-21(2)16-19-33-26-15-9-22(20-27(26)32-3)8-14-25(29)23-10-12-24(13-11-23)34(30,31)28-17-6-4-5-7-18-28/h8-15,20-21H,4-7,16-19H2,1-3H3. The predicted molar refractivity (Wildman–Crippen MR) is 135 cm³/mol. The van der Waals surface area contributed by atoms with Crippen molar-refractivity contribution in [1.82, 2.24) is 4.31 Å². The molecule has 1 aliphatic heterocycles. The number of nitrogens with zero attached hydrogens (tertiary/aromatic N) is 1. The van der Waals surface area contributed by atoms with Gasteiger partial charge >= 0.3 is 0 Å². The number of hydrogen-bond donors (Lipinski definition) is 0. The molecule has 1 aliphatic rings. The van der Waals surface area contributed by atoms with Gasteiger partial charge in [-0.1, -0.05) is 38.8 Å². The van der Waals surface area contributed by atoms with Gasteiger partial charge < -0.3 is 9.47 Å². The molecule has 184 valence electrons. The molecule has 2 aromatic carbocycles. The Morgan fingerprint density at radius 2 is 1.68 bits per heavy atom. The highest BCUT2D eigenvalue weighted by Crippen LogP contribution is 2.29. The van der Waals surface area contributed by atoms with Gasteiger partial charge in [-0.3, -0.25) is 4.79 Å². The number of ketones is 1. The van der Waals surface area contributed by atoms with Gasteiger partial charge in [0.05, 0.1) is 18.6 Å². The molecule has 0 saturated carbocycles. The first-order valence-corrected chi connectivity index (χ1v) is 13.4. The van der Waals surface area contributed by atoms with E-state index in [4.69, 9.17) is 9.47 Å². The average molecular weight is 486 g/mol. The van der Waals surface area contributed by atoms with E-state index >= 15 is 0 Å². The number of methoxy groups -OCH3 is 1. The van der Waals surface area contributed by atoms with Crippen molar-refractivity contribution in [3.8, 4) is 11.5 Å². The van der Waals surface area contributed by atoms with Crippen molar-refractivity contribution in [2.75, 3.05) is 26.8 Å². The van der Waals surface area contributed by atoms with Crippen molar-refractivity contribution < 1.29 is 22.7 Å². The molecule has 1 heterocycles. The van der Waals surface area contributed by atoms with Gasteiger partial charge in [-0.25, -0.2) is 8.42 Å². The van der Waals surface area contributed by atoms with Crippen LogP contribution in [0, 0.1) is 5.92 Å². The summed E-state index contributed by atoms with van der Waals surface area (Å²) in [5.41, 5.74) is 1.24. The van der Waals surface area contributed by atoms with Crippen LogP contribution in [-0.2, 0) is 10.0 Å². The summed E-state index contributed by atoms with van der Waals surface area (Å²) in [6.45, 7) is 6.01. The van der Waals surface area contributed by atoms with Crippen LogP contribution in [0.25, 0.3) is 6.08 Å². The summed E-state index contributed by atoms with van der Waals surface area (Å²) < 4.78 is 38.6. The van der Waals surface area contributed by atoms with E-state index in [1.807, 2.05) is 18.2 Å². The first-order chi connectivity index (χ1) is 16.3. The van der Waals surface area contributed by atoms with Crippen molar-refractivity contribution in [2.45, 2.75) is 50.8 Å². The van der Waals surface area contributed by atoms with Crippen molar-refractivity contribution in [2.24, 2.45) is 5.92 Å². The minimum absolute atomic E-state index is 0.199. The lowest BCUT2D eigenvalue weighted by atomic mass is 10.1. The van der Waals surface area contributed by atoms with Crippen molar-refractivity contribution in [3.05, 3.63) is 59.7 Å². The van der Waals surface area contributed by atoms with E-state index in [0.29, 0.717) is 42.7 Å². The Morgan fingerprint density at radius 3 is 2.29 bits per heavy atom. The zero-order chi connectivity index (χ0) is 24.6. The van der Waals surface area contributed by atoms with Crippen LogP contribution in [0.2, 0.25) is 0 Å². The highest BCUT2D eigenvalue weighted by atomic mass is 32.2. The minimum atomic E-state index is -3.53. The minimum Gasteiger partial charge on any atom is -0.493 e. The van der Waals surface area contributed by atoms with Crippen LogP contribution in [0.3, 0.4) is 0 Å². The van der Waals surface area contributed by atoms with Gasteiger partial charge in [0.2, 0.25) is 10.0 Å². The molecule has 1 saturated heterocycles. The predicted octanol–water partition coefficient (Wildman–Crippen LogP) is 5.58. The van der Waals surface area contributed by atoms with E-state index < -0.39 is 10.0 Å². The van der Waals surface area contributed by atoms with Gasteiger partial charge in [-0.15, -0.1) is 0 Å². The van der Waals surface area contributed by atoms with Crippen LogP contribution in [-0.4, -0.2) is 45.3 Å². The number of rotatable bonds is 10. The Morgan fingerprint density at radius 1 is 1.00 bits per heavy atom. The second-order valence-corrected chi connectivity index (χ2v) is 10.9. The molecule has 0 unspecified atom stereocenters. The molecule has 0 bridgehead atoms. The molecule has 1 fully saturated rings. The molecule has 6 nitrogen and oxygen atoms in total. The zero-order valence-corrected chi connectivity index (χ0v) is 21.1. The molecule has 0 atom stereocenters. The fourth-order valence-corrected chi connectivity index (χ4v) is 5.32. The van der Waals surface area contributed by atoms with Crippen LogP contribution in [0.1, 0.15) is 61.9 Å². The number of carbonyl (C=O) groups excluding carboxylic acids is 1. The maximum Gasteiger partial charge on any atom is 0.243 e. The molecule has 0 radical (unpaired) electrons. The fourth-order valence-electron chi connectivity index (χ4n) is 3.80. The van der Waals surface area contributed by atoms with Gasteiger partial charge in [0.1, 0.15) is 0 Å². The molecule has 3 rings (SSSR count). The van der Waals surface area contributed by atoms with Crippen LogP contribution in [0.15, 0.2) is 53.4 Å². The molecule has 34 heavy (non-hydrogen) atoms. The molecular weight excluding hydrogens is 450 g/mol. The first-order valence-electron chi connectivity index (χ1n) is 11.9. The van der Waals surface area contributed by atoms with Crippen LogP contribution in [0.5, 0.6) is 11.5 Å². The lowest BCUT2D eigenvalue weighted by Gasteiger charge is -2.19. The molecule has 0 N–H and O–H groups in total. The Bertz CT molecular complexity index is 1080. The van der Waals surface area contributed by atoms with E-state index in [2.05, 4.69) is 13.8 Å². The van der Waals surface area contributed by atoms with Gasteiger partial charge in [0, 0.05) is 18.7 Å². The molecule has 0 amide bonds. The third-order valence-corrected chi connectivity index (χ3v) is 7.82. The maximum absolute atomic E-state index is 12.9. The Balaban J connectivity index is 1.66. The molecule has 2 aromatic rings. The second kappa shape index (κ2) is 12.2. The third kappa shape index (κ3) is 6.93. The zero-order valence-electron chi connectivity index (χ0n) is 20.3. The smallest absolute Gasteiger partial charge is 0.243 e. The Labute approximate surface area is 203 Å².